The second-order valence-corrected chi connectivity index (χ2v) is 19.2. The minimum Gasteiger partial charge on any atom is -0.278 e. The molecule has 5 nitrogen and oxygen atoms in total. The minimum absolute atomic E-state index is 0.0674. The van der Waals surface area contributed by atoms with Gasteiger partial charge in [-0.2, -0.15) is 15.0 Å². The van der Waals surface area contributed by atoms with Crippen molar-refractivity contribution in [2.75, 3.05) is 0 Å². The summed E-state index contributed by atoms with van der Waals surface area (Å²) in [5.74, 6) is 0.326. The smallest absolute Gasteiger partial charge is 0.240 e. The maximum absolute atomic E-state index is 9.28. The molecule has 0 N–H and O–H groups in total. The molecule has 3 aromatic heterocycles. The van der Waals surface area contributed by atoms with Gasteiger partial charge in [-0.3, -0.25) is 9.13 Å². The van der Waals surface area contributed by atoms with Crippen LogP contribution in [0, 0.1) is 0 Å². The highest BCUT2D eigenvalue weighted by Crippen LogP contribution is 2.34. The number of fused-ring (bicyclic) bond motifs is 6. The van der Waals surface area contributed by atoms with Crippen LogP contribution < -0.4 is 20.7 Å². The SMILES string of the molecule is [2H]c1c([2H])c([2H])c2c(c1[2H])c1c([2H])c([2H])c([2H])c([2H])c1n2-c1nc(-c2ccc([Si](c3ccccc3)(c3ccccc3)c3cccc(-c4ccccc4)c3)cc2)nc(-n2c3ccccc3c3ccccc32)n1. The molecule has 12 rings (SSSR count). The van der Waals surface area contributed by atoms with Crippen LogP contribution in [0.3, 0.4) is 0 Å². The van der Waals surface area contributed by atoms with E-state index in [4.69, 9.17) is 23.2 Å². The Kier molecular flexibility index (Phi) is 6.96. The van der Waals surface area contributed by atoms with E-state index in [0.717, 1.165) is 38.1 Å². The average Bonchev–Trinajstić information content (AvgIpc) is 3.97. The molecule has 0 aliphatic heterocycles. The lowest BCUT2D eigenvalue weighted by Crippen LogP contribution is -2.74. The molecule has 0 saturated heterocycles. The van der Waals surface area contributed by atoms with E-state index in [1.54, 1.807) is 0 Å². The molecule has 3 heterocycles. The van der Waals surface area contributed by atoms with Gasteiger partial charge in [0.25, 0.3) is 0 Å². The molecule has 12 aromatic rings. The number of aromatic nitrogens is 5. The zero-order valence-electron chi connectivity index (χ0n) is 41.6. The van der Waals surface area contributed by atoms with Crippen molar-refractivity contribution in [3.05, 3.63) is 236 Å². The molecule has 296 valence electrons. The summed E-state index contributed by atoms with van der Waals surface area (Å²) in [6.45, 7) is 0. The highest BCUT2D eigenvalue weighted by Gasteiger charge is 2.41. The van der Waals surface area contributed by atoms with E-state index in [1.165, 1.54) is 20.1 Å². The van der Waals surface area contributed by atoms with Crippen LogP contribution >= 0.6 is 0 Å². The summed E-state index contributed by atoms with van der Waals surface area (Å²) in [6, 6.07) is 60.7. The van der Waals surface area contributed by atoms with E-state index in [9.17, 15) is 2.74 Å². The van der Waals surface area contributed by atoms with Crippen LogP contribution in [0.2, 0.25) is 0 Å². The molecule has 0 bridgehead atoms. The van der Waals surface area contributed by atoms with Crippen LogP contribution in [0.25, 0.3) is 78.0 Å². The Labute approximate surface area is 377 Å². The highest BCUT2D eigenvalue weighted by molar-refractivity contribution is 7.19. The van der Waals surface area contributed by atoms with E-state index >= 15 is 0 Å². The topological polar surface area (TPSA) is 48.5 Å². The fourth-order valence-corrected chi connectivity index (χ4v) is 14.0. The predicted octanol–water partition coefficient (Wildman–Crippen LogP) is 10.8. The predicted molar refractivity (Wildman–Crippen MR) is 263 cm³/mol. The second-order valence-electron chi connectivity index (χ2n) is 15.4. The van der Waals surface area contributed by atoms with Gasteiger partial charge >= 0.3 is 0 Å². The van der Waals surface area contributed by atoms with Gasteiger partial charge in [0, 0.05) is 27.1 Å². The molecule has 0 aliphatic rings. The van der Waals surface area contributed by atoms with Crippen LogP contribution in [0.4, 0.5) is 0 Å². The van der Waals surface area contributed by atoms with Crippen molar-refractivity contribution in [3.63, 3.8) is 0 Å². The first-order valence-electron chi connectivity index (χ1n) is 24.7. The zero-order chi connectivity index (χ0) is 48.7. The molecular formula is C57H39N5Si. The first-order chi connectivity index (χ1) is 34.6. The minimum atomic E-state index is -3.07. The lowest BCUT2D eigenvalue weighted by molar-refractivity contribution is 0.893. The Bertz CT molecular complexity index is 3920. The molecule has 0 radical (unpaired) electrons. The van der Waals surface area contributed by atoms with Gasteiger partial charge < -0.3 is 0 Å². The summed E-state index contributed by atoms with van der Waals surface area (Å²) in [7, 11) is -3.07. The summed E-state index contributed by atoms with van der Waals surface area (Å²) in [6.07, 6.45) is 0. The standard InChI is InChI=1S/C57H39N5Si/c1-4-19-40(20-5-1)42-21-18-26-46(39-42)63(43-22-6-2-7-23-43,44-24-8-3-9-25-44)45-37-35-41(36-38-45)55-58-56(61-51-31-14-10-27-47(51)48-28-11-15-32-52(48)61)60-57(59-55)62-53-33-16-12-29-49(53)50-30-13-17-34-54(50)62/h1-39H/i10D,11D,14D,15D,27D,28D,31D,32D. The third-order valence-corrected chi connectivity index (χ3v) is 16.8. The summed E-state index contributed by atoms with van der Waals surface area (Å²) in [5.41, 5.74) is 4.28. The molecule has 9 aromatic carbocycles. The third-order valence-electron chi connectivity index (χ3n) is 12.0. The zero-order valence-corrected chi connectivity index (χ0v) is 34.6. The van der Waals surface area contributed by atoms with Gasteiger partial charge in [-0.05, 0) is 56.1 Å². The van der Waals surface area contributed by atoms with Gasteiger partial charge in [0.2, 0.25) is 11.9 Å². The maximum atomic E-state index is 9.28. The van der Waals surface area contributed by atoms with Crippen molar-refractivity contribution >= 4 is 72.4 Å². The van der Waals surface area contributed by atoms with Crippen LogP contribution in [0.15, 0.2) is 236 Å². The fourth-order valence-electron chi connectivity index (χ4n) is 9.25. The monoisotopic (exact) mass is 829 g/mol. The van der Waals surface area contributed by atoms with Crippen LogP contribution in [-0.4, -0.2) is 32.2 Å². The number of nitrogens with zero attached hydrogens (tertiary/aromatic N) is 5. The molecule has 0 saturated carbocycles. The van der Waals surface area contributed by atoms with E-state index in [0.29, 0.717) is 5.56 Å². The summed E-state index contributed by atoms with van der Waals surface area (Å²) in [5, 5.41) is 6.47. The van der Waals surface area contributed by atoms with E-state index in [1.807, 2.05) is 83.4 Å². The lowest BCUT2D eigenvalue weighted by Gasteiger charge is -2.34. The summed E-state index contributed by atoms with van der Waals surface area (Å²) >= 11 is 0. The molecule has 0 unspecified atom stereocenters. The van der Waals surface area contributed by atoms with Gasteiger partial charge in [0.05, 0.1) is 33.0 Å². The van der Waals surface area contributed by atoms with Crippen molar-refractivity contribution in [2.45, 2.75) is 0 Å². The van der Waals surface area contributed by atoms with Crippen LogP contribution in [-0.2, 0) is 0 Å². The Morgan fingerprint density at radius 2 is 0.778 bits per heavy atom. The van der Waals surface area contributed by atoms with Crippen molar-refractivity contribution in [2.24, 2.45) is 0 Å². The Hall–Kier alpha value is -8.19. The first-order valence-corrected chi connectivity index (χ1v) is 22.7. The molecule has 0 atom stereocenters. The number of hydrogen-bond donors (Lipinski definition) is 0. The second kappa shape index (κ2) is 15.1. The van der Waals surface area contributed by atoms with Crippen LogP contribution in [0.1, 0.15) is 11.0 Å². The van der Waals surface area contributed by atoms with E-state index < -0.39 is 56.4 Å². The molecule has 0 spiro atoms. The molecule has 6 heteroatoms. The van der Waals surface area contributed by atoms with Crippen molar-refractivity contribution < 1.29 is 11.0 Å². The first kappa shape index (κ1) is 29.1. The largest absolute Gasteiger partial charge is 0.278 e. The summed E-state index contributed by atoms with van der Waals surface area (Å²) < 4.78 is 74.9. The quantitative estimate of drug-likeness (QED) is 0.113. The normalized spacial score (nSPS) is 13.6. The van der Waals surface area contributed by atoms with Gasteiger partial charge in [-0.1, -0.05) is 212 Å². The number of para-hydroxylation sites is 4. The average molecular weight is 830 g/mol. The number of rotatable bonds is 8. The van der Waals surface area contributed by atoms with Gasteiger partial charge in [-0.15, -0.1) is 0 Å². The van der Waals surface area contributed by atoms with E-state index in [2.05, 4.69) is 109 Å². The molecular weight excluding hydrogens is 783 g/mol. The Morgan fingerprint density at radius 1 is 0.333 bits per heavy atom. The van der Waals surface area contributed by atoms with Crippen molar-refractivity contribution in [3.8, 4) is 34.4 Å². The van der Waals surface area contributed by atoms with Crippen molar-refractivity contribution in [1.29, 1.82) is 0 Å². The maximum Gasteiger partial charge on any atom is 0.240 e. The molecule has 0 fully saturated rings. The number of hydrogen-bond acceptors (Lipinski definition) is 3. The highest BCUT2D eigenvalue weighted by atomic mass is 28.3. The van der Waals surface area contributed by atoms with Crippen LogP contribution in [0.5, 0.6) is 0 Å². The number of benzene rings is 9. The molecule has 0 aliphatic carbocycles. The van der Waals surface area contributed by atoms with Gasteiger partial charge in [-0.25, -0.2) is 0 Å². The van der Waals surface area contributed by atoms with Gasteiger partial charge in [0.1, 0.15) is 0 Å². The summed E-state index contributed by atoms with van der Waals surface area (Å²) in [4.78, 5) is 15.4. The Balaban J connectivity index is 1.15. The fraction of sp³-hybridized carbons (Fsp3) is 0. The molecule has 63 heavy (non-hydrogen) atoms. The Morgan fingerprint density at radius 3 is 1.35 bits per heavy atom. The molecule has 0 amide bonds. The lowest BCUT2D eigenvalue weighted by atomic mass is 10.1. The van der Waals surface area contributed by atoms with Crippen molar-refractivity contribution in [1.82, 2.24) is 24.1 Å². The van der Waals surface area contributed by atoms with Gasteiger partial charge in [0.15, 0.2) is 13.9 Å². The third kappa shape index (κ3) is 5.95. The van der Waals surface area contributed by atoms with E-state index in [-0.39, 0.29) is 39.5 Å².